The smallest absolute Gasteiger partial charge is 0.262 e. The Morgan fingerprint density at radius 1 is 1.50 bits per heavy atom. The van der Waals surface area contributed by atoms with Gasteiger partial charge < -0.3 is 10.6 Å². The van der Waals surface area contributed by atoms with E-state index >= 15 is 0 Å². The average Bonchev–Trinajstić information content (AvgIpc) is 3.02. The van der Waals surface area contributed by atoms with Gasteiger partial charge in [-0.25, -0.2) is 4.98 Å². The van der Waals surface area contributed by atoms with E-state index in [1.807, 2.05) is 6.92 Å². The van der Waals surface area contributed by atoms with E-state index in [4.69, 9.17) is 0 Å². The molecule has 2 N–H and O–H groups in total. The van der Waals surface area contributed by atoms with E-state index in [0.29, 0.717) is 27.6 Å². The lowest BCUT2D eigenvalue weighted by Gasteiger charge is -2.26. The van der Waals surface area contributed by atoms with Crippen LogP contribution in [0.25, 0.3) is 10.2 Å². The summed E-state index contributed by atoms with van der Waals surface area (Å²) in [5.41, 5.74) is 0.775. The van der Waals surface area contributed by atoms with Crippen LogP contribution in [0.5, 0.6) is 0 Å². The summed E-state index contributed by atoms with van der Waals surface area (Å²) < 4.78 is 1.75. The number of aryl methyl sites for hydroxylation is 2. The number of hydrogen-bond donors (Lipinski definition) is 2. The average molecular weight is 318 g/mol. The van der Waals surface area contributed by atoms with Crippen molar-refractivity contribution in [1.29, 1.82) is 0 Å². The molecule has 0 bridgehead atoms. The molecule has 0 atom stereocenters. The van der Waals surface area contributed by atoms with Crippen LogP contribution in [0.4, 0.5) is 0 Å². The highest BCUT2D eigenvalue weighted by Gasteiger charge is 2.24. The molecule has 1 fully saturated rings. The van der Waals surface area contributed by atoms with E-state index in [0.717, 1.165) is 43.9 Å². The number of fused-ring (bicyclic) bond motifs is 2. The minimum Gasteiger partial charge on any atom is -0.351 e. The molecular weight excluding hydrogens is 300 g/mol. The van der Waals surface area contributed by atoms with Crippen LogP contribution in [0, 0.1) is 12.8 Å². The Hall–Kier alpha value is -1.73. The summed E-state index contributed by atoms with van der Waals surface area (Å²) in [5, 5.41) is 6.78. The van der Waals surface area contributed by atoms with Crippen LogP contribution in [0.3, 0.4) is 0 Å². The Labute approximate surface area is 131 Å². The summed E-state index contributed by atoms with van der Waals surface area (Å²) >= 11 is 1.34. The lowest BCUT2D eigenvalue weighted by molar-refractivity contribution is 0.0946. The predicted octanol–water partition coefficient (Wildman–Crippen LogP) is 0.662. The van der Waals surface area contributed by atoms with Gasteiger partial charge in [0.25, 0.3) is 11.5 Å². The molecule has 22 heavy (non-hydrogen) atoms. The van der Waals surface area contributed by atoms with Crippen molar-refractivity contribution in [3.05, 3.63) is 26.6 Å². The molecule has 0 radical (unpaired) electrons. The number of nitrogens with zero attached hydrogens (tertiary/aromatic N) is 2. The zero-order valence-corrected chi connectivity index (χ0v) is 13.3. The molecule has 4 heterocycles. The van der Waals surface area contributed by atoms with Crippen molar-refractivity contribution >= 4 is 27.5 Å². The second-order valence-corrected chi connectivity index (χ2v) is 7.06. The summed E-state index contributed by atoms with van der Waals surface area (Å²) in [5.74, 6) is 1.29. The van der Waals surface area contributed by atoms with Gasteiger partial charge >= 0.3 is 0 Å². The molecule has 2 aromatic rings. The van der Waals surface area contributed by atoms with Crippen LogP contribution < -0.4 is 16.2 Å². The predicted molar refractivity (Wildman–Crippen MR) is 85.6 cm³/mol. The molecule has 0 aromatic carbocycles. The maximum atomic E-state index is 12.6. The molecular formula is C15H18N4O2S. The van der Waals surface area contributed by atoms with Crippen molar-refractivity contribution in [2.75, 3.05) is 19.6 Å². The van der Waals surface area contributed by atoms with Crippen LogP contribution in [0.1, 0.15) is 27.5 Å². The highest BCUT2D eigenvalue weighted by molar-refractivity contribution is 7.20. The van der Waals surface area contributed by atoms with Crippen LogP contribution in [-0.2, 0) is 13.0 Å². The van der Waals surface area contributed by atoms with Gasteiger partial charge in [-0.05, 0) is 18.9 Å². The minimum atomic E-state index is -0.0861. The summed E-state index contributed by atoms with van der Waals surface area (Å²) in [6.07, 6.45) is 1.82. The van der Waals surface area contributed by atoms with Gasteiger partial charge in [0.05, 0.1) is 10.3 Å². The van der Waals surface area contributed by atoms with E-state index < -0.39 is 0 Å². The van der Waals surface area contributed by atoms with Gasteiger partial charge in [-0.2, -0.15) is 0 Å². The third-order valence-electron chi connectivity index (χ3n) is 4.54. The number of hydrogen-bond acceptors (Lipinski definition) is 5. The number of rotatable bonds is 3. The van der Waals surface area contributed by atoms with Crippen molar-refractivity contribution in [3.63, 3.8) is 0 Å². The first kappa shape index (κ1) is 13.9. The first-order valence-electron chi connectivity index (χ1n) is 7.67. The molecule has 1 saturated heterocycles. The molecule has 0 aliphatic carbocycles. The van der Waals surface area contributed by atoms with Gasteiger partial charge in [0.2, 0.25) is 0 Å². The highest BCUT2D eigenvalue weighted by atomic mass is 32.1. The van der Waals surface area contributed by atoms with Gasteiger partial charge in [0, 0.05) is 38.5 Å². The van der Waals surface area contributed by atoms with Crippen molar-refractivity contribution in [2.45, 2.75) is 26.3 Å². The maximum Gasteiger partial charge on any atom is 0.262 e. The van der Waals surface area contributed by atoms with E-state index in [2.05, 4.69) is 15.6 Å². The fourth-order valence-corrected chi connectivity index (χ4v) is 4.21. The Balaban J connectivity index is 1.70. The zero-order valence-electron chi connectivity index (χ0n) is 12.4. The number of carbonyl (C=O) groups excluding carboxylic acids is 1. The number of aromatic nitrogens is 2. The fraction of sp³-hybridized carbons (Fsp3) is 0.533. The second kappa shape index (κ2) is 5.17. The normalized spacial score (nSPS) is 17.5. The number of thiophene rings is 1. The minimum absolute atomic E-state index is 0.00786. The molecule has 2 aliphatic rings. The molecule has 2 aliphatic heterocycles. The van der Waals surface area contributed by atoms with Crippen LogP contribution in [0.2, 0.25) is 0 Å². The van der Waals surface area contributed by atoms with Gasteiger partial charge in [-0.15, -0.1) is 11.3 Å². The lowest BCUT2D eigenvalue weighted by Crippen LogP contribution is -2.48. The molecule has 116 valence electrons. The van der Waals surface area contributed by atoms with Crippen LogP contribution in [0.15, 0.2) is 4.79 Å². The lowest BCUT2D eigenvalue weighted by atomic mass is 10.0. The largest absolute Gasteiger partial charge is 0.351 e. The van der Waals surface area contributed by atoms with Crippen molar-refractivity contribution < 1.29 is 4.79 Å². The Morgan fingerprint density at radius 2 is 2.32 bits per heavy atom. The fourth-order valence-electron chi connectivity index (χ4n) is 3.10. The molecule has 2 aromatic heterocycles. The third-order valence-corrected chi connectivity index (χ3v) is 5.72. The Morgan fingerprint density at radius 3 is 3.05 bits per heavy atom. The summed E-state index contributed by atoms with van der Waals surface area (Å²) in [6, 6.07) is 0. The molecule has 0 spiro atoms. The quantitative estimate of drug-likeness (QED) is 0.872. The highest BCUT2D eigenvalue weighted by Crippen LogP contribution is 2.28. The summed E-state index contributed by atoms with van der Waals surface area (Å²) in [6.45, 7) is 5.19. The monoisotopic (exact) mass is 318 g/mol. The molecule has 7 heteroatoms. The standard InChI is InChI=1S/C15H18N4O2S/c1-8-11-14(18-10-3-2-4-19(10)15(11)21)22-12(8)13(20)17-7-9-5-16-6-9/h9,16H,2-7H2,1H3,(H,17,20). The number of amides is 1. The first-order chi connectivity index (χ1) is 10.6. The Kier molecular flexibility index (Phi) is 3.27. The maximum absolute atomic E-state index is 12.6. The van der Waals surface area contributed by atoms with Gasteiger partial charge in [0.1, 0.15) is 10.7 Å². The number of carbonyl (C=O) groups is 1. The SMILES string of the molecule is Cc1c(C(=O)NCC2CNC2)sc2nc3n(c(=O)c12)CCC3. The molecule has 4 rings (SSSR count). The third kappa shape index (κ3) is 2.07. The van der Waals surface area contributed by atoms with E-state index in [9.17, 15) is 9.59 Å². The first-order valence-corrected chi connectivity index (χ1v) is 8.48. The van der Waals surface area contributed by atoms with Crippen LogP contribution in [-0.4, -0.2) is 35.1 Å². The molecule has 0 saturated carbocycles. The molecule has 0 unspecified atom stereocenters. The van der Waals surface area contributed by atoms with Gasteiger partial charge in [0.15, 0.2) is 0 Å². The summed E-state index contributed by atoms with van der Waals surface area (Å²) in [4.78, 5) is 30.9. The zero-order chi connectivity index (χ0) is 15.3. The van der Waals surface area contributed by atoms with E-state index in [-0.39, 0.29) is 11.5 Å². The van der Waals surface area contributed by atoms with Crippen molar-refractivity contribution in [2.24, 2.45) is 5.92 Å². The van der Waals surface area contributed by atoms with E-state index in [1.54, 1.807) is 4.57 Å². The van der Waals surface area contributed by atoms with Crippen LogP contribution >= 0.6 is 11.3 Å². The van der Waals surface area contributed by atoms with E-state index in [1.165, 1.54) is 11.3 Å². The molecule has 1 amide bonds. The van der Waals surface area contributed by atoms with Gasteiger partial charge in [-0.3, -0.25) is 14.2 Å². The van der Waals surface area contributed by atoms with Crippen molar-refractivity contribution in [1.82, 2.24) is 20.2 Å². The molecule has 6 nitrogen and oxygen atoms in total. The Bertz CT molecular complexity index is 819. The number of nitrogens with one attached hydrogen (secondary N) is 2. The van der Waals surface area contributed by atoms with Gasteiger partial charge in [-0.1, -0.05) is 0 Å². The topological polar surface area (TPSA) is 76.0 Å². The summed E-state index contributed by atoms with van der Waals surface area (Å²) in [7, 11) is 0. The van der Waals surface area contributed by atoms with Crippen molar-refractivity contribution in [3.8, 4) is 0 Å². The second-order valence-electron chi connectivity index (χ2n) is 6.06.